The summed E-state index contributed by atoms with van der Waals surface area (Å²) < 4.78 is 10.4. The van der Waals surface area contributed by atoms with Crippen LogP contribution in [0.4, 0.5) is 0 Å². The molecule has 2 rings (SSSR count). The van der Waals surface area contributed by atoms with E-state index in [2.05, 4.69) is 10.3 Å². The van der Waals surface area contributed by atoms with Crippen molar-refractivity contribution in [3.63, 3.8) is 0 Å². The van der Waals surface area contributed by atoms with Crippen LogP contribution in [-0.2, 0) is 13.7 Å². The summed E-state index contributed by atoms with van der Waals surface area (Å²) in [5, 5.41) is 2.80. The Morgan fingerprint density at radius 3 is 2.58 bits per heavy atom. The molecule has 26 heavy (non-hydrogen) atoms. The van der Waals surface area contributed by atoms with E-state index in [-0.39, 0.29) is 11.8 Å². The van der Waals surface area contributed by atoms with Crippen molar-refractivity contribution < 1.29 is 18.5 Å². The lowest BCUT2D eigenvalue weighted by Gasteiger charge is -2.27. The normalized spacial score (nSPS) is 19.9. The first-order valence-corrected chi connectivity index (χ1v) is 10.2. The molecule has 1 saturated carbocycles. The number of carbonyl (C=O) groups is 2. The van der Waals surface area contributed by atoms with Gasteiger partial charge in [-0.25, -0.2) is 0 Å². The van der Waals surface area contributed by atoms with Gasteiger partial charge in [0.15, 0.2) is 0 Å². The third-order valence-electron chi connectivity index (χ3n) is 4.75. The predicted molar refractivity (Wildman–Crippen MR) is 102 cm³/mol. The number of nitrogens with zero attached hydrogens (tertiary/aromatic N) is 1. The summed E-state index contributed by atoms with van der Waals surface area (Å²) in [6.07, 6.45) is 7.57. The van der Waals surface area contributed by atoms with Crippen LogP contribution in [0.25, 0.3) is 0 Å². The predicted octanol–water partition coefficient (Wildman–Crippen LogP) is 2.99. The maximum absolute atomic E-state index is 12.1. The van der Waals surface area contributed by atoms with Crippen LogP contribution in [0.5, 0.6) is 0 Å². The van der Waals surface area contributed by atoms with E-state index >= 15 is 0 Å². The van der Waals surface area contributed by atoms with Gasteiger partial charge in [-0.1, -0.05) is 6.07 Å². The Morgan fingerprint density at radius 2 is 1.96 bits per heavy atom. The second-order valence-electron chi connectivity index (χ2n) is 6.49. The lowest BCUT2D eigenvalue weighted by molar-refractivity contribution is -0.121. The molecular formula is C19H28N2O4S. The summed E-state index contributed by atoms with van der Waals surface area (Å²) in [6.45, 7) is 3.61. The van der Waals surface area contributed by atoms with Crippen LogP contribution in [0.15, 0.2) is 18.3 Å². The van der Waals surface area contributed by atoms with Gasteiger partial charge < -0.3 is 14.2 Å². The van der Waals surface area contributed by atoms with Crippen molar-refractivity contribution in [2.45, 2.75) is 38.5 Å². The molecule has 1 aromatic heterocycles. The van der Waals surface area contributed by atoms with Crippen LogP contribution in [0, 0.1) is 5.92 Å². The topological polar surface area (TPSA) is 77.5 Å². The molecule has 0 saturated heterocycles. The van der Waals surface area contributed by atoms with Crippen molar-refractivity contribution >= 4 is 23.7 Å². The quantitative estimate of drug-likeness (QED) is 0.497. The molecule has 0 atom stereocenters. The van der Waals surface area contributed by atoms with Gasteiger partial charge in [0.25, 0.3) is 5.91 Å². The Hall–Kier alpha value is -1.44. The second kappa shape index (κ2) is 11.3. The zero-order valence-corrected chi connectivity index (χ0v) is 16.3. The van der Waals surface area contributed by atoms with Crippen LogP contribution < -0.4 is 5.32 Å². The number of hydrogen-bond donors (Lipinski definition) is 1. The SMILES string of the molecule is CSOCCOCCNC(=O)c1ccc([C@H]2CC[C@H](C(C)=O)CC2)cn1. The number of aromatic nitrogens is 1. The molecule has 0 bridgehead atoms. The van der Waals surface area contributed by atoms with Gasteiger partial charge in [-0.2, -0.15) is 0 Å². The molecule has 6 nitrogen and oxygen atoms in total. The number of hydrogen-bond acceptors (Lipinski definition) is 6. The second-order valence-corrected chi connectivity index (χ2v) is 7.06. The first kappa shape index (κ1) is 20.9. The highest BCUT2D eigenvalue weighted by molar-refractivity contribution is 7.93. The van der Waals surface area contributed by atoms with Gasteiger partial charge in [-0.3, -0.25) is 14.6 Å². The first-order valence-electron chi connectivity index (χ1n) is 9.09. The number of ketones is 1. The maximum atomic E-state index is 12.1. The molecule has 144 valence electrons. The molecule has 1 heterocycles. The maximum Gasteiger partial charge on any atom is 0.269 e. The number of amides is 1. The van der Waals surface area contributed by atoms with Crippen LogP contribution in [-0.4, -0.2) is 49.3 Å². The van der Waals surface area contributed by atoms with E-state index in [1.807, 2.05) is 12.3 Å². The highest BCUT2D eigenvalue weighted by Crippen LogP contribution is 2.35. The summed E-state index contributed by atoms with van der Waals surface area (Å²) in [5.41, 5.74) is 1.57. The van der Waals surface area contributed by atoms with E-state index in [1.165, 1.54) is 12.0 Å². The van der Waals surface area contributed by atoms with Crippen molar-refractivity contribution in [1.82, 2.24) is 10.3 Å². The summed E-state index contributed by atoms with van der Waals surface area (Å²) in [6, 6.07) is 3.76. The van der Waals surface area contributed by atoms with Crippen LogP contribution in [0.1, 0.15) is 54.6 Å². The van der Waals surface area contributed by atoms with Crippen molar-refractivity contribution in [3.8, 4) is 0 Å². The number of rotatable bonds is 10. The highest BCUT2D eigenvalue weighted by atomic mass is 32.2. The van der Waals surface area contributed by atoms with Gasteiger partial charge in [-0.05, 0) is 62.2 Å². The molecule has 0 aliphatic heterocycles. The van der Waals surface area contributed by atoms with Gasteiger partial charge in [-0.15, -0.1) is 0 Å². The molecule has 0 spiro atoms. The van der Waals surface area contributed by atoms with E-state index in [1.54, 1.807) is 19.2 Å². The first-order chi connectivity index (χ1) is 12.6. The van der Waals surface area contributed by atoms with E-state index in [4.69, 9.17) is 8.92 Å². The molecule has 1 aromatic rings. The van der Waals surface area contributed by atoms with Crippen molar-refractivity contribution in [2.24, 2.45) is 5.92 Å². The molecule has 0 aromatic carbocycles. The third-order valence-corrected chi connectivity index (χ3v) is 5.16. The van der Waals surface area contributed by atoms with Crippen molar-refractivity contribution in [3.05, 3.63) is 29.6 Å². The van der Waals surface area contributed by atoms with Crippen molar-refractivity contribution in [1.29, 1.82) is 0 Å². The average molecular weight is 381 g/mol. The molecule has 1 aliphatic carbocycles. The molecule has 1 fully saturated rings. The number of carbonyl (C=O) groups excluding carboxylic acids is 2. The summed E-state index contributed by atoms with van der Waals surface area (Å²) >= 11 is 1.31. The Kier molecular flexibility index (Phi) is 9.08. The van der Waals surface area contributed by atoms with Crippen molar-refractivity contribution in [2.75, 3.05) is 32.6 Å². The number of ether oxygens (including phenoxy) is 1. The summed E-state index contributed by atoms with van der Waals surface area (Å²) in [5.74, 6) is 0.765. The number of nitrogens with one attached hydrogen (secondary N) is 1. The summed E-state index contributed by atoms with van der Waals surface area (Å²) in [4.78, 5) is 27.9. The number of Topliss-reactive ketones (excluding diaryl/α,β-unsaturated/α-hetero) is 1. The van der Waals surface area contributed by atoms with Crippen LogP contribution >= 0.6 is 12.0 Å². The summed E-state index contributed by atoms with van der Waals surface area (Å²) in [7, 11) is 0. The third kappa shape index (κ3) is 6.70. The van der Waals surface area contributed by atoms with Gasteiger partial charge >= 0.3 is 0 Å². The minimum Gasteiger partial charge on any atom is -0.377 e. The molecule has 1 amide bonds. The van der Waals surface area contributed by atoms with Crippen LogP contribution in [0.2, 0.25) is 0 Å². The molecule has 0 unspecified atom stereocenters. The Labute approximate surface area is 159 Å². The monoisotopic (exact) mass is 380 g/mol. The Morgan fingerprint density at radius 1 is 1.19 bits per heavy atom. The smallest absolute Gasteiger partial charge is 0.269 e. The minimum atomic E-state index is -0.194. The fraction of sp³-hybridized carbons (Fsp3) is 0.632. The standard InChI is InChI=1S/C19H28N2O4S/c1-14(22)15-3-5-16(6-4-15)17-7-8-18(21-13-17)19(23)20-9-10-24-11-12-25-26-2/h7-8,13,15-16H,3-6,9-12H2,1-2H3,(H,20,23)/t15-,16-. The van der Waals surface area contributed by atoms with Gasteiger partial charge in [0.05, 0.1) is 19.8 Å². The largest absolute Gasteiger partial charge is 0.377 e. The fourth-order valence-electron chi connectivity index (χ4n) is 3.22. The highest BCUT2D eigenvalue weighted by Gasteiger charge is 2.25. The zero-order valence-electron chi connectivity index (χ0n) is 15.5. The van der Waals surface area contributed by atoms with Gasteiger partial charge in [0.2, 0.25) is 0 Å². The van der Waals surface area contributed by atoms with E-state index < -0.39 is 0 Å². The molecular weight excluding hydrogens is 352 g/mol. The van der Waals surface area contributed by atoms with Gasteiger partial charge in [0.1, 0.15) is 11.5 Å². The Balaban J connectivity index is 1.71. The average Bonchev–Trinajstić information content (AvgIpc) is 2.67. The van der Waals surface area contributed by atoms with Gasteiger partial charge in [0, 0.05) is 24.9 Å². The van der Waals surface area contributed by atoms with E-state index in [9.17, 15) is 9.59 Å². The molecule has 1 N–H and O–H groups in total. The van der Waals surface area contributed by atoms with E-state index in [0.29, 0.717) is 43.8 Å². The number of pyridine rings is 1. The lowest BCUT2D eigenvalue weighted by atomic mass is 9.78. The fourth-order valence-corrected chi connectivity index (χ4v) is 3.45. The molecule has 1 aliphatic rings. The van der Waals surface area contributed by atoms with E-state index in [0.717, 1.165) is 31.2 Å². The lowest BCUT2D eigenvalue weighted by Crippen LogP contribution is -2.28. The molecule has 7 heteroatoms. The zero-order chi connectivity index (χ0) is 18.8. The Bertz CT molecular complexity index is 571. The van der Waals surface area contributed by atoms with Crippen LogP contribution in [0.3, 0.4) is 0 Å². The minimum absolute atomic E-state index is 0.194. The molecule has 0 radical (unpaired) electrons.